The Labute approximate surface area is 166 Å². The van der Waals surface area contributed by atoms with Crippen LogP contribution >= 0.6 is 0 Å². The van der Waals surface area contributed by atoms with Gasteiger partial charge in [0.15, 0.2) is 0 Å². The molecule has 3 aromatic rings. The van der Waals surface area contributed by atoms with Crippen LogP contribution in [0, 0.1) is 6.92 Å². The fourth-order valence-corrected chi connectivity index (χ4v) is 3.69. The van der Waals surface area contributed by atoms with Crippen LogP contribution in [0.1, 0.15) is 29.6 Å². The molecule has 28 heavy (non-hydrogen) atoms. The van der Waals surface area contributed by atoms with Crippen LogP contribution in [0.4, 0.5) is 0 Å². The minimum atomic E-state index is 0.664. The predicted octanol–water partition coefficient (Wildman–Crippen LogP) is 2.66. The van der Waals surface area contributed by atoms with Gasteiger partial charge in [-0.25, -0.2) is 0 Å². The Balaban J connectivity index is 1.30. The average Bonchev–Trinajstić information content (AvgIpc) is 3.30. The standard InChI is InChI=1S/C21H28N6O/c1-4-19-18(13-25(3)23-19)14-26-9-11-27(12-10-26)15-20-22-21(24-28-20)17-7-5-16(2)6-8-17/h5-8,13H,4,9-12,14-15H2,1-3H3. The molecule has 2 aromatic heterocycles. The highest BCUT2D eigenvalue weighted by atomic mass is 16.5. The normalized spacial score (nSPS) is 16.0. The van der Waals surface area contributed by atoms with E-state index in [0.717, 1.165) is 44.7 Å². The highest BCUT2D eigenvalue weighted by Crippen LogP contribution is 2.18. The van der Waals surface area contributed by atoms with E-state index in [4.69, 9.17) is 4.52 Å². The lowest BCUT2D eigenvalue weighted by Crippen LogP contribution is -2.45. The smallest absolute Gasteiger partial charge is 0.241 e. The number of benzene rings is 1. The maximum atomic E-state index is 5.48. The third-order valence-corrected chi connectivity index (χ3v) is 5.32. The van der Waals surface area contributed by atoms with Crippen LogP contribution < -0.4 is 0 Å². The molecule has 7 nitrogen and oxygen atoms in total. The molecule has 0 N–H and O–H groups in total. The van der Waals surface area contributed by atoms with Crippen LogP contribution in [-0.4, -0.2) is 55.9 Å². The van der Waals surface area contributed by atoms with Gasteiger partial charge in [0.05, 0.1) is 12.2 Å². The van der Waals surface area contributed by atoms with E-state index in [2.05, 4.69) is 57.2 Å². The van der Waals surface area contributed by atoms with Crippen molar-refractivity contribution in [2.75, 3.05) is 26.2 Å². The molecule has 0 spiro atoms. The Bertz CT molecular complexity index is 905. The zero-order valence-electron chi connectivity index (χ0n) is 16.9. The first-order valence-corrected chi connectivity index (χ1v) is 9.96. The van der Waals surface area contributed by atoms with Crippen LogP contribution in [-0.2, 0) is 26.6 Å². The van der Waals surface area contributed by atoms with Gasteiger partial charge in [-0.2, -0.15) is 10.1 Å². The summed E-state index contributed by atoms with van der Waals surface area (Å²) in [6.45, 7) is 10.0. The van der Waals surface area contributed by atoms with Crippen LogP contribution in [0.3, 0.4) is 0 Å². The lowest BCUT2D eigenvalue weighted by atomic mass is 10.1. The monoisotopic (exact) mass is 380 g/mol. The van der Waals surface area contributed by atoms with Crippen molar-refractivity contribution in [3.05, 3.63) is 53.2 Å². The maximum Gasteiger partial charge on any atom is 0.241 e. The van der Waals surface area contributed by atoms with E-state index in [0.29, 0.717) is 18.3 Å². The molecule has 7 heteroatoms. The molecule has 3 heterocycles. The molecule has 1 fully saturated rings. The molecule has 0 unspecified atom stereocenters. The zero-order chi connectivity index (χ0) is 19.5. The van der Waals surface area contributed by atoms with E-state index in [1.165, 1.54) is 16.8 Å². The first kappa shape index (κ1) is 18.8. The van der Waals surface area contributed by atoms with Crippen LogP contribution in [0.2, 0.25) is 0 Å². The Hall–Kier alpha value is -2.51. The van der Waals surface area contributed by atoms with Gasteiger partial charge in [0.2, 0.25) is 11.7 Å². The van der Waals surface area contributed by atoms with E-state index in [9.17, 15) is 0 Å². The van der Waals surface area contributed by atoms with E-state index >= 15 is 0 Å². The van der Waals surface area contributed by atoms with Crippen molar-refractivity contribution < 1.29 is 4.52 Å². The molecule has 4 rings (SSSR count). The van der Waals surface area contributed by atoms with Gasteiger partial charge in [-0.1, -0.05) is 41.9 Å². The van der Waals surface area contributed by atoms with Gasteiger partial charge in [-0.15, -0.1) is 0 Å². The Kier molecular flexibility index (Phi) is 5.54. The van der Waals surface area contributed by atoms with Gasteiger partial charge in [0.25, 0.3) is 0 Å². The third kappa shape index (κ3) is 4.31. The maximum absolute atomic E-state index is 5.48. The molecule has 1 aliphatic rings. The van der Waals surface area contributed by atoms with Crippen molar-refractivity contribution in [1.29, 1.82) is 0 Å². The molecule has 148 valence electrons. The van der Waals surface area contributed by atoms with E-state index in [1.807, 2.05) is 23.9 Å². The molecular formula is C21H28N6O. The van der Waals surface area contributed by atoms with Gasteiger partial charge >= 0.3 is 0 Å². The number of nitrogens with zero attached hydrogens (tertiary/aromatic N) is 6. The summed E-state index contributed by atoms with van der Waals surface area (Å²) in [7, 11) is 2.00. The fourth-order valence-electron chi connectivity index (χ4n) is 3.69. The second-order valence-corrected chi connectivity index (χ2v) is 7.56. The van der Waals surface area contributed by atoms with Crippen LogP contribution in [0.15, 0.2) is 35.0 Å². The summed E-state index contributed by atoms with van der Waals surface area (Å²) >= 11 is 0. The average molecular weight is 380 g/mol. The summed E-state index contributed by atoms with van der Waals surface area (Å²) in [4.78, 5) is 9.45. The number of aryl methyl sites for hydroxylation is 3. The van der Waals surface area contributed by atoms with Crippen molar-refractivity contribution >= 4 is 0 Å². The molecule has 1 aliphatic heterocycles. The second-order valence-electron chi connectivity index (χ2n) is 7.56. The van der Waals surface area contributed by atoms with Crippen molar-refractivity contribution in [3.63, 3.8) is 0 Å². The Morgan fingerprint density at radius 1 is 1.00 bits per heavy atom. The summed E-state index contributed by atoms with van der Waals surface area (Å²) in [6, 6.07) is 8.20. The number of hydrogen-bond acceptors (Lipinski definition) is 6. The molecular weight excluding hydrogens is 352 g/mol. The highest BCUT2D eigenvalue weighted by molar-refractivity contribution is 5.54. The van der Waals surface area contributed by atoms with Crippen LogP contribution in [0.5, 0.6) is 0 Å². The molecule has 0 aliphatic carbocycles. The number of rotatable bonds is 6. The second kappa shape index (κ2) is 8.24. The van der Waals surface area contributed by atoms with Gasteiger partial charge in [-0.05, 0) is 13.3 Å². The quantitative estimate of drug-likeness (QED) is 0.655. The van der Waals surface area contributed by atoms with E-state index < -0.39 is 0 Å². The summed E-state index contributed by atoms with van der Waals surface area (Å²) in [5.74, 6) is 1.35. The summed E-state index contributed by atoms with van der Waals surface area (Å²) in [5.41, 5.74) is 4.77. The molecule has 0 atom stereocenters. The molecule has 0 saturated carbocycles. The zero-order valence-corrected chi connectivity index (χ0v) is 16.9. The number of aromatic nitrogens is 4. The van der Waals surface area contributed by atoms with Crippen molar-refractivity contribution in [3.8, 4) is 11.4 Å². The van der Waals surface area contributed by atoms with Crippen LogP contribution in [0.25, 0.3) is 11.4 Å². The third-order valence-electron chi connectivity index (χ3n) is 5.32. The summed E-state index contributed by atoms with van der Waals surface area (Å²) in [6.07, 6.45) is 3.13. The van der Waals surface area contributed by atoms with E-state index in [1.54, 1.807) is 0 Å². The summed E-state index contributed by atoms with van der Waals surface area (Å²) < 4.78 is 7.40. The minimum absolute atomic E-state index is 0.664. The fraction of sp³-hybridized carbons (Fsp3) is 0.476. The first-order chi connectivity index (χ1) is 13.6. The predicted molar refractivity (Wildman–Crippen MR) is 108 cm³/mol. The molecule has 0 radical (unpaired) electrons. The van der Waals surface area contributed by atoms with Gasteiger partial charge < -0.3 is 4.52 Å². The summed E-state index contributed by atoms with van der Waals surface area (Å²) in [5, 5.41) is 8.69. The number of piperazine rings is 1. The molecule has 0 amide bonds. The van der Waals surface area contributed by atoms with Crippen molar-refractivity contribution in [2.24, 2.45) is 7.05 Å². The van der Waals surface area contributed by atoms with Gasteiger partial charge in [0.1, 0.15) is 0 Å². The molecule has 1 aromatic carbocycles. The Morgan fingerprint density at radius 3 is 2.36 bits per heavy atom. The largest absolute Gasteiger partial charge is 0.338 e. The molecule has 1 saturated heterocycles. The highest BCUT2D eigenvalue weighted by Gasteiger charge is 2.21. The van der Waals surface area contributed by atoms with E-state index in [-0.39, 0.29) is 0 Å². The first-order valence-electron chi connectivity index (χ1n) is 9.96. The topological polar surface area (TPSA) is 63.2 Å². The van der Waals surface area contributed by atoms with Gasteiger partial charge in [0, 0.05) is 57.1 Å². The minimum Gasteiger partial charge on any atom is -0.338 e. The van der Waals surface area contributed by atoms with Crippen molar-refractivity contribution in [1.82, 2.24) is 29.7 Å². The SMILES string of the molecule is CCc1nn(C)cc1CN1CCN(Cc2nc(-c3ccc(C)cc3)no2)CC1. The lowest BCUT2D eigenvalue weighted by molar-refractivity contribution is 0.112. The Morgan fingerprint density at radius 2 is 1.68 bits per heavy atom. The van der Waals surface area contributed by atoms with Gasteiger partial charge in [-0.3, -0.25) is 14.5 Å². The lowest BCUT2D eigenvalue weighted by Gasteiger charge is -2.33. The number of hydrogen-bond donors (Lipinski definition) is 0. The molecule has 0 bridgehead atoms. The van der Waals surface area contributed by atoms with Crippen molar-refractivity contribution in [2.45, 2.75) is 33.4 Å².